The summed E-state index contributed by atoms with van der Waals surface area (Å²) < 4.78 is 5.34. The van der Waals surface area contributed by atoms with E-state index in [0.29, 0.717) is 17.5 Å². The third-order valence-corrected chi connectivity index (χ3v) is 4.33. The van der Waals surface area contributed by atoms with Crippen molar-refractivity contribution in [3.8, 4) is 0 Å². The van der Waals surface area contributed by atoms with Crippen molar-refractivity contribution in [1.29, 1.82) is 0 Å². The lowest BCUT2D eigenvalue weighted by Crippen LogP contribution is -2.53. The number of primary amides is 1. The summed E-state index contributed by atoms with van der Waals surface area (Å²) in [5, 5.41) is 11.8. The molecular weight excluding hydrogens is 252 g/mol. The predicted molar refractivity (Wildman–Crippen MR) is 68.1 cm³/mol. The van der Waals surface area contributed by atoms with Crippen molar-refractivity contribution in [2.24, 2.45) is 5.73 Å². The molecular formula is C11H18N4O2S. The van der Waals surface area contributed by atoms with E-state index in [0.717, 1.165) is 19.4 Å². The van der Waals surface area contributed by atoms with E-state index in [1.54, 1.807) is 6.92 Å². The number of aryl methyl sites for hydroxylation is 1. The second-order valence-corrected chi connectivity index (χ2v) is 5.80. The molecule has 1 aromatic heterocycles. The Morgan fingerprint density at radius 1 is 1.67 bits per heavy atom. The van der Waals surface area contributed by atoms with Crippen LogP contribution >= 0.6 is 11.8 Å². The van der Waals surface area contributed by atoms with E-state index >= 15 is 0 Å². The SMILES string of the molecule is CCNC1(C(N)=O)CCC(Sc2nnc(C)o2)C1. The molecule has 2 rings (SSSR count). The van der Waals surface area contributed by atoms with Crippen LogP contribution in [0.25, 0.3) is 0 Å². The van der Waals surface area contributed by atoms with E-state index in [-0.39, 0.29) is 11.2 Å². The van der Waals surface area contributed by atoms with Gasteiger partial charge in [0.25, 0.3) is 5.22 Å². The highest BCUT2D eigenvalue weighted by Gasteiger charge is 2.44. The summed E-state index contributed by atoms with van der Waals surface area (Å²) in [5.41, 5.74) is 4.95. The number of nitrogens with one attached hydrogen (secondary N) is 1. The van der Waals surface area contributed by atoms with E-state index in [1.165, 1.54) is 11.8 Å². The predicted octanol–water partition coefficient (Wildman–Crippen LogP) is 0.856. The molecule has 0 spiro atoms. The van der Waals surface area contributed by atoms with Crippen molar-refractivity contribution in [3.05, 3.63) is 5.89 Å². The van der Waals surface area contributed by atoms with Crippen LogP contribution in [0.15, 0.2) is 9.64 Å². The van der Waals surface area contributed by atoms with E-state index in [1.807, 2.05) is 6.92 Å². The van der Waals surface area contributed by atoms with Crippen LogP contribution in [-0.2, 0) is 4.79 Å². The highest BCUT2D eigenvalue weighted by molar-refractivity contribution is 7.99. The minimum atomic E-state index is -0.568. The molecule has 0 radical (unpaired) electrons. The normalized spacial score (nSPS) is 27.6. The molecule has 1 aromatic rings. The van der Waals surface area contributed by atoms with Gasteiger partial charge in [0.1, 0.15) is 0 Å². The molecule has 0 bridgehead atoms. The monoisotopic (exact) mass is 270 g/mol. The number of likely N-dealkylation sites (N-methyl/N-ethyl adjacent to an activating group) is 1. The van der Waals surface area contributed by atoms with Gasteiger partial charge in [-0.05, 0) is 25.8 Å². The van der Waals surface area contributed by atoms with Crippen LogP contribution in [0.4, 0.5) is 0 Å². The lowest BCUT2D eigenvalue weighted by atomic mass is 9.97. The van der Waals surface area contributed by atoms with E-state index in [2.05, 4.69) is 15.5 Å². The zero-order valence-electron chi connectivity index (χ0n) is 10.6. The van der Waals surface area contributed by atoms with Crippen molar-refractivity contribution in [3.63, 3.8) is 0 Å². The minimum absolute atomic E-state index is 0.269. The molecule has 2 unspecified atom stereocenters. The number of thioether (sulfide) groups is 1. The van der Waals surface area contributed by atoms with Gasteiger partial charge in [0.15, 0.2) is 0 Å². The van der Waals surface area contributed by atoms with E-state index < -0.39 is 5.54 Å². The molecule has 0 aromatic carbocycles. The Balaban J connectivity index is 2.00. The number of carbonyl (C=O) groups excluding carboxylic acids is 1. The fourth-order valence-electron chi connectivity index (χ4n) is 2.38. The average Bonchev–Trinajstić information content (AvgIpc) is 2.88. The van der Waals surface area contributed by atoms with E-state index in [4.69, 9.17) is 10.2 Å². The number of nitrogens with zero attached hydrogens (tertiary/aromatic N) is 2. The van der Waals surface area contributed by atoms with Crippen LogP contribution < -0.4 is 11.1 Å². The lowest BCUT2D eigenvalue weighted by Gasteiger charge is -2.26. The summed E-state index contributed by atoms with van der Waals surface area (Å²) in [6, 6.07) is 0. The maximum Gasteiger partial charge on any atom is 0.276 e. The average molecular weight is 270 g/mol. The van der Waals surface area contributed by atoms with Gasteiger partial charge in [-0.1, -0.05) is 18.7 Å². The van der Waals surface area contributed by atoms with Gasteiger partial charge in [0.05, 0.1) is 5.54 Å². The second-order valence-electron chi connectivity index (χ2n) is 4.55. The largest absolute Gasteiger partial charge is 0.416 e. The summed E-state index contributed by atoms with van der Waals surface area (Å²) >= 11 is 1.53. The van der Waals surface area contributed by atoms with Gasteiger partial charge in [0, 0.05) is 12.2 Å². The number of hydrogen-bond acceptors (Lipinski definition) is 6. The highest BCUT2D eigenvalue weighted by Crippen LogP contribution is 2.39. The molecule has 1 saturated carbocycles. The van der Waals surface area contributed by atoms with Crippen molar-refractivity contribution in [2.45, 2.75) is 49.1 Å². The van der Waals surface area contributed by atoms with Crippen molar-refractivity contribution in [1.82, 2.24) is 15.5 Å². The van der Waals surface area contributed by atoms with Gasteiger partial charge in [-0.15, -0.1) is 10.2 Å². The van der Waals surface area contributed by atoms with Gasteiger partial charge in [0.2, 0.25) is 11.8 Å². The quantitative estimate of drug-likeness (QED) is 0.824. The molecule has 1 amide bonds. The van der Waals surface area contributed by atoms with Gasteiger partial charge in [-0.2, -0.15) is 0 Å². The van der Waals surface area contributed by atoms with Gasteiger partial charge >= 0.3 is 0 Å². The summed E-state index contributed by atoms with van der Waals surface area (Å²) in [6.07, 6.45) is 2.39. The van der Waals surface area contributed by atoms with Crippen molar-refractivity contribution < 1.29 is 9.21 Å². The molecule has 1 heterocycles. The Kier molecular flexibility index (Phi) is 3.91. The maximum atomic E-state index is 11.6. The summed E-state index contributed by atoms with van der Waals surface area (Å²) in [7, 11) is 0. The van der Waals surface area contributed by atoms with Crippen LogP contribution in [-0.4, -0.2) is 33.4 Å². The van der Waals surface area contributed by atoms with Crippen LogP contribution in [0.5, 0.6) is 0 Å². The Bertz CT molecular complexity index is 436. The van der Waals surface area contributed by atoms with Gasteiger partial charge < -0.3 is 15.5 Å². The van der Waals surface area contributed by atoms with Gasteiger partial charge in [-0.3, -0.25) is 4.79 Å². The maximum absolute atomic E-state index is 11.6. The van der Waals surface area contributed by atoms with Crippen LogP contribution in [0.3, 0.4) is 0 Å². The zero-order valence-corrected chi connectivity index (χ0v) is 11.4. The standard InChI is InChI=1S/C11H18N4O2S/c1-3-13-11(9(12)16)5-4-8(6-11)18-10-15-14-7(2)17-10/h8,13H,3-6H2,1-2H3,(H2,12,16). The fraction of sp³-hybridized carbons (Fsp3) is 0.727. The number of amides is 1. The molecule has 0 saturated heterocycles. The smallest absolute Gasteiger partial charge is 0.276 e. The fourth-order valence-corrected chi connectivity index (χ4v) is 3.52. The number of aromatic nitrogens is 2. The Labute approximate surface area is 110 Å². The van der Waals surface area contributed by atoms with Crippen LogP contribution in [0.1, 0.15) is 32.1 Å². The summed E-state index contributed by atoms with van der Waals surface area (Å²) in [5.74, 6) is 0.289. The summed E-state index contributed by atoms with van der Waals surface area (Å²) in [6.45, 7) is 4.48. The minimum Gasteiger partial charge on any atom is -0.416 e. The van der Waals surface area contributed by atoms with Crippen LogP contribution in [0, 0.1) is 6.92 Å². The molecule has 0 aliphatic heterocycles. The Hall–Kier alpha value is -1.08. The molecule has 1 aliphatic rings. The molecule has 1 aliphatic carbocycles. The number of nitrogens with two attached hydrogens (primary N) is 1. The molecule has 18 heavy (non-hydrogen) atoms. The van der Waals surface area contributed by atoms with Crippen molar-refractivity contribution in [2.75, 3.05) is 6.54 Å². The molecule has 1 fully saturated rings. The molecule has 3 N–H and O–H groups in total. The molecule has 100 valence electrons. The lowest BCUT2D eigenvalue weighted by molar-refractivity contribution is -0.124. The first-order valence-corrected chi connectivity index (χ1v) is 6.95. The molecule has 6 nitrogen and oxygen atoms in total. The molecule has 7 heteroatoms. The zero-order chi connectivity index (χ0) is 13.2. The third-order valence-electron chi connectivity index (χ3n) is 3.23. The van der Waals surface area contributed by atoms with Crippen LogP contribution in [0.2, 0.25) is 0 Å². The Morgan fingerprint density at radius 3 is 3.00 bits per heavy atom. The van der Waals surface area contributed by atoms with Gasteiger partial charge in [-0.25, -0.2) is 0 Å². The third kappa shape index (κ3) is 2.67. The number of hydrogen-bond donors (Lipinski definition) is 2. The topological polar surface area (TPSA) is 94.0 Å². The Morgan fingerprint density at radius 2 is 2.44 bits per heavy atom. The number of rotatable bonds is 5. The number of carbonyl (C=O) groups is 1. The first kappa shape index (κ1) is 13.4. The summed E-state index contributed by atoms with van der Waals surface area (Å²) in [4.78, 5) is 11.6. The van der Waals surface area contributed by atoms with Crippen molar-refractivity contribution >= 4 is 17.7 Å². The highest BCUT2D eigenvalue weighted by atomic mass is 32.2. The first-order chi connectivity index (χ1) is 8.55. The first-order valence-electron chi connectivity index (χ1n) is 6.07. The van der Waals surface area contributed by atoms with E-state index in [9.17, 15) is 4.79 Å². The molecule has 2 atom stereocenters. The second kappa shape index (κ2) is 5.27.